The lowest BCUT2D eigenvalue weighted by molar-refractivity contribution is 0.0164. The molecule has 3 aromatic heterocycles. The Labute approximate surface area is 307 Å². The Bertz CT molecular complexity index is 2090. The normalized spacial score (nSPS) is 13.5. The van der Waals surface area contributed by atoms with Crippen molar-refractivity contribution < 1.29 is 37.7 Å². The van der Waals surface area contributed by atoms with Gasteiger partial charge in [0.25, 0.3) is 5.91 Å². The van der Waals surface area contributed by atoms with Crippen molar-refractivity contribution in [2.75, 3.05) is 38.7 Å². The van der Waals surface area contributed by atoms with E-state index in [1.165, 1.54) is 23.0 Å². The van der Waals surface area contributed by atoms with E-state index >= 15 is 0 Å². The number of nitrogens with one attached hydrogen (secondary N) is 1. The first kappa shape index (κ1) is 36.9. The van der Waals surface area contributed by atoms with Crippen molar-refractivity contribution in [2.24, 2.45) is 5.92 Å². The molecule has 0 aliphatic carbocycles. The quantitative estimate of drug-likeness (QED) is 0.144. The molecule has 13 nitrogen and oxygen atoms in total. The largest absolute Gasteiger partial charge is 0.493 e. The Balaban J connectivity index is 1.10. The maximum absolute atomic E-state index is 13.7. The second kappa shape index (κ2) is 15.8. The summed E-state index contributed by atoms with van der Waals surface area (Å²) in [6.45, 7) is 11.2. The molecule has 0 spiro atoms. The minimum absolute atomic E-state index is 0.0573. The van der Waals surface area contributed by atoms with E-state index in [0.717, 1.165) is 12.8 Å². The third-order valence-electron chi connectivity index (χ3n) is 8.53. The number of rotatable bonds is 11. The second-order valence-electron chi connectivity index (χ2n) is 13.6. The number of fused-ring (bicyclic) bond motifs is 1. The van der Waals surface area contributed by atoms with Gasteiger partial charge in [0.2, 0.25) is 0 Å². The van der Waals surface area contributed by atoms with Gasteiger partial charge in [-0.05, 0) is 101 Å². The van der Waals surface area contributed by atoms with Crippen LogP contribution < -0.4 is 24.3 Å². The summed E-state index contributed by atoms with van der Waals surface area (Å²) >= 11 is 0. The van der Waals surface area contributed by atoms with Crippen molar-refractivity contribution in [1.29, 1.82) is 0 Å². The van der Waals surface area contributed by atoms with Gasteiger partial charge in [-0.25, -0.2) is 18.9 Å². The highest BCUT2D eigenvalue weighted by Gasteiger charge is 2.27. The predicted octanol–water partition coefficient (Wildman–Crippen LogP) is 7.74. The van der Waals surface area contributed by atoms with Crippen molar-refractivity contribution in [2.45, 2.75) is 53.1 Å². The molecule has 1 N–H and O–H groups in total. The number of amides is 2. The highest BCUT2D eigenvalue weighted by molar-refractivity contribution is 6.04. The predicted molar refractivity (Wildman–Crippen MR) is 196 cm³/mol. The van der Waals surface area contributed by atoms with Crippen LogP contribution in [0.3, 0.4) is 0 Å². The molecule has 53 heavy (non-hydrogen) atoms. The van der Waals surface area contributed by atoms with Gasteiger partial charge < -0.3 is 33.9 Å². The number of hydrogen-bond acceptors (Lipinski definition) is 10. The van der Waals surface area contributed by atoms with E-state index in [9.17, 15) is 14.0 Å². The zero-order chi connectivity index (χ0) is 37.7. The molecule has 1 saturated heterocycles. The van der Waals surface area contributed by atoms with Crippen LogP contribution in [0.1, 0.15) is 56.6 Å². The monoisotopic (exact) mass is 726 g/mol. The van der Waals surface area contributed by atoms with Crippen LogP contribution in [-0.4, -0.2) is 75.7 Å². The van der Waals surface area contributed by atoms with Crippen molar-refractivity contribution in [3.05, 3.63) is 84.2 Å². The van der Waals surface area contributed by atoms with Crippen LogP contribution in [0.5, 0.6) is 28.7 Å². The van der Waals surface area contributed by atoms with Crippen LogP contribution in [0, 0.1) is 18.7 Å². The Morgan fingerprint density at radius 2 is 1.75 bits per heavy atom. The van der Waals surface area contributed by atoms with E-state index in [-0.39, 0.29) is 35.1 Å². The standard InChI is InChI=1S/C39H43FN6O7/c1-7-50-34-22-46(30-10-8-26(40)18-24(30)2)44-36(34)37(47)43-35-11-9-27(21-42-35)52-31-12-15-41-29-20-33(32(49-6)19-28(29)31)51-23-25-13-16-45(17-14-25)38(48)53-39(3,4)5/h8-12,15,18-22,25H,7,13-14,16-17,23H2,1-6H3,(H,42,43,47). The molecule has 2 amide bonds. The van der Waals surface area contributed by atoms with Crippen LogP contribution in [-0.2, 0) is 4.74 Å². The first-order valence-corrected chi connectivity index (χ1v) is 17.4. The van der Waals surface area contributed by atoms with Gasteiger partial charge in [-0.15, -0.1) is 0 Å². The second-order valence-corrected chi connectivity index (χ2v) is 13.6. The Morgan fingerprint density at radius 3 is 2.43 bits per heavy atom. The Morgan fingerprint density at radius 1 is 0.962 bits per heavy atom. The van der Waals surface area contributed by atoms with Gasteiger partial charge >= 0.3 is 6.09 Å². The number of piperidine rings is 1. The van der Waals surface area contributed by atoms with Crippen molar-refractivity contribution >= 4 is 28.7 Å². The highest BCUT2D eigenvalue weighted by Crippen LogP contribution is 2.38. The number of hydrogen-bond donors (Lipinski definition) is 1. The number of nitrogens with zero attached hydrogens (tertiary/aromatic N) is 5. The molecule has 1 fully saturated rings. The molecule has 0 saturated carbocycles. The molecule has 0 bridgehead atoms. The fourth-order valence-electron chi connectivity index (χ4n) is 5.90. The minimum atomic E-state index is -0.528. The molecular formula is C39H43FN6O7. The number of carbonyl (C=O) groups excluding carboxylic acids is 2. The number of methoxy groups -OCH3 is 1. The van der Waals surface area contributed by atoms with E-state index in [0.29, 0.717) is 71.5 Å². The Hall–Kier alpha value is -5.92. The van der Waals surface area contributed by atoms with E-state index in [1.54, 1.807) is 62.5 Å². The van der Waals surface area contributed by atoms with Crippen LogP contribution in [0.15, 0.2) is 67.1 Å². The molecule has 1 aliphatic heterocycles. The molecule has 6 rings (SSSR count). The number of benzene rings is 2. The number of carbonyl (C=O) groups is 2. The molecule has 278 valence electrons. The van der Waals surface area contributed by atoms with Crippen LogP contribution in [0.25, 0.3) is 16.6 Å². The summed E-state index contributed by atoms with van der Waals surface area (Å²) in [4.78, 5) is 36.4. The zero-order valence-electron chi connectivity index (χ0n) is 30.6. The lowest BCUT2D eigenvalue weighted by Crippen LogP contribution is -2.42. The lowest BCUT2D eigenvalue weighted by Gasteiger charge is -2.33. The fraction of sp³-hybridized carbons (Fsp3) is 0.359. The van der Waals surface area contributed by atoms with Gasteiger partial charge in [0.05, 0.1) is 43.9 Å². The molecule has 0 radical (unpaired) electrons. The van der Waals surface area contributed by atoms with Crippen molar-refractivity contribution in [3.8, 4) is 34.4 Å². The summed E-state index contributed by atoms with van der Waals surface area (Å²) in [6, 6.07) is 13.0. The van der Waals surface area contributed by atoms with Gasteiger partial charge in [0.1, 0.15) is 28.7 Å². The molecule has 0 atom stereocenters. The zero-order valence-corrected chi connectivity index (χ0v) is 30.6. The average molecular weight is 727 g/mol. The summed E-state index contributed by atoms with van der Waals surface area (Å²) in [7, 11) is 1.58. The van der Waals surface area contributed by atoms with E-state index in [2.05, 4.69) is 20.4 Å². The number of anilines is 1. The fourth-order valence-corrected chi connectivity index (χ4v) is 5.90. The van der Waals surface area contributed by atoms with Gasteiger partial charge in [-0.1, -0.05) is 0 Å². The first-order chi connectivity index (χ1) is 25.4. The molecule has 5 aromatic rings. The third-order valence-corrected chi connectivity index (χ3v) is 8.53. The number of halogens is 1. The summed E-state index contributed by atoms with van der Waals surface area (Å²) in [6.07, 6.45) is 6.05. The number of aryl methyl sites for hydroxylation is 1. The number of likely N-dealkylation sites (tertiary alicyclic amines) is 1. The first-order valence-electron chi connectivity index (χ1n) is 17.4. The van der Waals surface area contributed by atoms with Gasteiger partial charge in [-0.3, -0.25) is 9.78 Å². The maximum Gasteiger partial charge on any atom is 0.410 e. The maximum atomic E-state index is 13.7. The van der Waals surface area contributed by atoms with Gasteiger partial charge in [0.15, 0.2) is 22.9 Å². The summed E-state index contributed by atoms with van der Waals surface area (Å²) < 4.78 is 44.5. The molecule has 1 aliphatic rings. The van der Waals surface area contributed by atoms with Crippen molar-refractivity contribution in [3.63, 3.8) is 0 Å². The Kier molecular flexibility index (Phi) is 11.0. The van der Waals surface area contributed by atoms with Gasteiger partial charge in [0, 0.05) is 30.7 Å². The molecule has 0 unspecified atom stereocenters. The third kappa shape index (κ3) is 8.94. The summed E-state index contributed by atoms with van der Waals surface area (Å²) in [5.41, 5.74) is 1.45. The topological polar surface area (TPSA) is 139 Å². The van der Waals surface area contributed by atoms with Gasteiger partial charge in [-0.2, -0.15) is 5.10 Å². The highest BCUT2D eigenvalue weighted by atomic mass is 19.1. The average Bonchev–Trinajstić information content (AvgIpc) is 3.54. The van der Waals surface area contributed by atoms with Crippen molar-refractivity contribution in [1.82, 2.24) is 24.6 Å². The van der Waals surface area contributed by atoms with E-state index < -0.39 is 11.5 Å². The number of pyridine rings is 2. The molecule has 14 heteroatoms. The van der Waals surface area contributed by atoms with E-state index in [1.807, 2.05) is 32.9 Å². The van der Waals surface area contributed by atoms with Crippen LogP contribution >= 0.6 is 0 Å². The molecular weight excluding hydrogens is 683 g/mol. The lowest BCUT2D eigenvalue weighted by atomic mass is 9.98. The summed E-state index contributed by atoms with van der Waals surface area (Å²) in [5.74, 6) is 1.98. The number of ether oxygens (including phenoxy) is 5. The number of aromatic nitrogens is 4. The minimum Gasteiger partial charge on any atom is -0.493 e. The molecule has 4 heterocycles. The van der Waals surface area contributed by atoms with E-state index in [4.69, 9.17) is 23.7 Å². The molecule has 2 aromatic carbocycles. The van der Waals surface area contributed by atoms with Crippen LogP contribution in [0.2, 0.25) is 0 Å². The smallest absolute Gasteiger partial charge is 0.410 e. The SMILES string of the molecule is CCOc1cn(-c2ccc(F)cc2C)nc1C(=O)Nc1ccc(Oc2ccnc3cc(OCC4CCN(C(=O)OC(C)(C)C)CC4)c(OC)cc23)cn1. The summed E-state index contributed by atoms with van der Waals surface area (Å²) in [5, 5.41) is 7.88. The van der Waals surface area contributed by atoms with Crippen LogP contribution in [0.4, 0.5) is 15.0 Å².